The van der Waals surface area contributed by atoms with Crippen molar-refractivity contribution in [2.24, 2.45) is 0 Å². The molecular formula is C20H27OPS. The van der Waals surface area contributed by atoms with Gasteiger partial charge in [-0.3, -0.25) is 0 Å². The van der Waals surface area contributed by atoms with Crippen LogP contribution in [-0.4, -0.2) is 5.11 Å². The van der Waals surface area contributed by atoms with E-state index in [4.69, 9.17) is 0 Å². The summed E-state index contributed by atoms with van der Waals surface area (Å²) in [5.74, 6) is 0.444. The molecule has 0 heterocycles. The molecule has 0 bridgehead atoms. The van der Waals surface area contributed by atoms with Gasteiger partial charge < -0.3 is 5.11 Å². The first-order chi connectivity index (χ1) is 10.6. The van der Waals surface area contributed by atoms with Crippen LogP contribution in [0.5, 0.6) is 5.75 Å². The Morgan fingerprint density at radius 3 is 2.22 bits per heavy atom. The Morgan fingerprint density at radius 1 is 1.00 bits per heavy atom. The highest BCUT2D eigenvalue weighted by molar-refractivity contribution is 7.80. The lowest BCUT2D eigenvalue weighted by atomic mass is 9.85. The van der Waals surface area contributed by atoms with Gasteiger partial charge >= 0.3 is 0 Å². The zero-order valence-electron chi connectivity index (χ0n) is 14.9. The summed E-state index contributed by atoms with van der Waals surface area (Å²) in [5, 5.41) is 13.3. The Labute approximate surface area is 147 Å². The minimum Gasteiger partial charge on any atom is -0.507 e. The number of hydrogen-bond donors (Lipinski definition) is 2. The molecule has 2 aromatic rings. The van der Waals surface area contributed by atoms with Crippen molar-refractivity contribution in [2.45, 2.75) is 52.2 Å². The van der Waals surface area contributed by atoms with Crippen LogP contribution in [0.2, 0.25) is 0 Å². The van der Waals surface area contributed by atoms with E-state index in [1.165, 1.54) is 22.0 Å². The number of aryl methyl sites for hydroxylation is 2. The van der Waals surface area contributed by atoms with E-state index < -0.39 is 0 Å². The molecule has 0 aromatic heterocycles. The smallest absolute Gasteiger partial charge is 0.127 e. The van der Waals surface area contributed by atoms with Crippen LogP contribution in [0.4, 0.5) is 0 Å². The molecule has 0 aliphatic heterocycles. The van der Waals surface area contributed by atoms with Crippen LogP contribution in [0.15, 0.2) is 30.3 Å². The van der Waals surface area contributed by atoms with Crippen LogP contribution >= 0.6 is 21.2 Å². The van der Waals surface area contributed by atoms with Crippen molar-refractivity contribution in [3.63, 3.8) is 0 Å². The maximum atomic E-state index is 10.8. The molecule has 0 spiro atoms. The van der Waals surface area contributed by atoms with Gasteiger partial charge in [-0.05, 0) is 48.7 Å². The number of benzene rings is 2. The summed E-state index contributed by atoms with van der Waals surface area (Å²) in [5.41, 5.74) is 4.65. The lowest BCUT2D eigenvalue weighted by molar-refractivity contribution is 0.450. The molecule has 2 unspecified atom stereocenters. The van der Waals surface area contributed by atoms with E-state index >= 15 is 0 Å². The number of phenolic OH excluding ortho intramolecular Hbond substituents is 1. The highest BCUT2D eigenvalue weighted by Gasteiger charge is 2.21. The largest absolute Gasteiger partial charge is 0.507 e. The third-order valence-corrected chi connectivity index (χ3v) is 5.64. The van der Waals surface area contributed by atoms with Crippen LogP contribution in [0, 0.1) is 13.8 Å². The summed E-state index contributed by atoms with van der Waals surface area (Å²) >= 11 is 4.63. The average molecular weight is 346 g/mol. The van der Waals surface area contributed by atoms with Crippen LogP contribution < -0.4 is 10.6 Å². The maximum Gasteiger partial charge on any atom is 0.127 e. The van der Waals surface area contributed by atoms with Crippen LogP contribution in [0.3, 0.4) is 0 Å². The topological polar surface area (TPSA) is 20.2 Å². The Hall–Kier alpha value is -0.980. The van der Waals surface area contributed by atoms with Crippen molar-refractivity contribution < 1.29 is 5.11 Å². The fourth-order valence-electron chi connectivity index (χ4n) is 2.73. The summed E-state index contributed by atoms with van der Waals surface area (Å²) < 4.78 is 0. The molecule has 2 atom stereocenters. The van der Waals surface area contributed by atoms with Gasteiger partial charge in [0.2, 0.25) is 0 Å². The maximum absolute atomic E-state index is 10.8. The molecular weight excluding hydrogens is 319 g/mol. The van der Waals surface area contributed by atoms with Gasteiger partial charge in [0.15, 0.2) is 0 Å². The molecule has 0 amide bonds. The Kier molecular flexibility index (Phi) is 5.48. The molecule has 0 aliphatic rings. The van der Waals surface area contributed by atoms with Crippen LogP contribution in [0.1, 0.15) is 55.2 Å². The highest BCUT2D eigenvalue weighted by Crippen LogP contribution is 2.34. The first-order valence-corrected chi connectivity index (χ1v) is 9.51. The molecule has 2 rings (SSSR count). The second-order valence-electron chi connectivity index (χ2n) is 7.35. The van der Waals surface area contributed by atoms with Gasteiger partial charge in [0.25, 0.3) is 0 Å². The average Bonchev–Trinajstić information content (AvgIpc) is 2.42. The van der Waals surface area contributed by atoms with Gasteiger partial charge in [-0.15, -0.1) is 0 Å². The molecule has 1 N–H and O–H groups in total. The summed E-state index contributed by atoms with van der Waals surface area (Å²) in [6.07, 6.45) is 0. The molecule has 3 heteroatoms. The van der Waals surface area contributed by atoms with Gasteiger partial charge in [-0.2, -0.15) is 12.6 Å². The minimum absolute atomic E-state index is 0.0672. The second-order valence-corrected chi connectivity index (χ2v) is 9.45. The predicted molar refractivity (Wildman–Crippen MR) is 108 cm³/mol. The SMILES string of the molecule is Cc1ccc(Pc2cc(C)cc(C(C)(C)C)c2O)c(C(C)S)c1. The van der Waals surface area contributed by atoms with Gasteiger partial charge in [0.05, 0.1) is 0 Å². The molecule has 2 aromatic carbocycles. The second kappa shape index (κ2) is 6.87. The first-order valence-electron chi connectivity index (χ1n) is 7.99. The Morgan fingerprint density at radius 2 is 1.65 bits per heavy atom. The summed E-state index contributed by atoms with van der Waals surface area (Å²) in [4.78, 5) is 0. The van der Waals surface area contributed by atoms with Gasteiger partial charge in [0, 0.05) is 16.1 Å². The van der Waals surface area contributed by atoms with Crippen LogP contribution in [-0.2, 0) is 5.41 Å². The lowest BCUT2D eigenvalue weighted by Gasteiger charge is -2.23. The number of rotatable bonds is 3. The Balaban J connectivity index is 2.52. The predicted octanol–water partition coefficient (Wildman–Crippen LogP) is 4.93. The zero-order valence-corrected chi connectivity index (χ0v) is 16.8. The minimum atomic E-state index is -0.0672. The standard InChI is InChI=1S/C20H27OPS/c1-12-7-8-17(15(9-12)14(3)23)22-18-11-13(2)10-16(19(18)21)20(4,5)6/h7-11,14,21-23H,1-6H3. The first kappa shape index (κ1) is 18.4. The third-order valence-electron chi connectivity index (χ3n) is 3.99. The van der Waals surface area contributed by atoms with E-state index in [0.29, 0.717) is 14.3 Å². The van der Waals surface area contributed by atoms with Crippen molar-refractivity contribution in [1.29, 1.82) is 0 Å². The van der Waals surface area contributed by atoms with Gasteiger partial charge in [-0.25, -0.2) is 0 Å². The molecule has 0 radical (unpaired) electrons. The fraction of sp³-hybridized carbons (Fsp3) is 0.400. The quantitative estimate of drug-likeness (QED) is 0.597. The summed E-state index contributed by atoms with van der Waals surface area (Å²) in [7, 11) is 0.437. The molecule has 124 valence electrons. The summed E-state index contributed by atoms with van der Waals surface area (Å²) in [6.45, 7) is 12.7. The van der Waals surface area contributed by atoms with E-state index in [1.54, 1.807) is 0 Å². The van der Waals surface area contributed by atoms with E-state index in [9.17, 15) is 5.11 Å². The number of hydrogen-bond acceptors (Lipinski definition) is 2. The number of aromatic hydroxyl groups is 1. The zero-order chi connectivity index (χ0) is 17.4. The van der Waals surface area contributed by atoms with E-state index in [0.717, 1.165) is 10.9 Å². The van der Waals surface area contributed by atoms with Gasteiger partial charge in [-0.1, -0.05) is 59.2 Å². The monoisotopic (exact) mass is 346 g/mol. The van der Waals surface area contributed by atoms with Crippen molar-refractivity contribution in [3.05, 3.63) is 52.6 Å². The number of phenols is 1. The highest BCUT2D eigenvalue weighted by atomic mass is 32.1. The van der Waals surface area contributed by atoms with Gasteiger partial charge in [0.1, 0.15) is 5.75 Å². The number of thiol groups is 1. The van der Waals surface area contributed by atoms with Crippen molar-refractivity contribution in [3.8, 4) is 5.75 Å². The molecule has 0 aliphatic carbocycles. The van der Waals surface area contributed by atoms with Crippen LogP contribution in [0.25, 0.3) is 0 Å². The molecule has 0 saturated heterocycles. The van der Waals surface area contributed by atoms with E-state index in [2.05, 4.69) is 84.5 Å². The Bertz CT molecular complexity index is 714. The summed E-state index contributed by atoms with van der Waals surface area (Å²) in [6, 6.07) is 10.7. The lowest BCUT2D eigenvalue weighted by Crippen LogP contribution is -2.17. The van der Waals surface area contributed by atoms with Crippen molar-refractivity contribution in [1.82, 2.24) is 0 Å². The van der Waals surface area contributed by atoms with E-state index in [1.807, 2.05) is 0 Å². The third kappa shape index (κ3) is 4.31. The molecule has 0 fully saturated rings. The fourth-order valence-corrected chi connectivity index (χ4v) is 4.51. The van der Waals surface area contributed by atoms with Crippen molar-refractivity contribution in [2.75, 3.05) is 0 Å². The normalized spacial score (nSPS) is 13.7. The molecule has 0 saturated carbocycles. The van der Waals surface area contributed by atoms with Crippen molar-refractivity contribution >= 4 is 31.8 Å². The molecule has 1 nitrogen and oxygen atoms in total. The van der Waals surface area contributed by atoms with E-state index in [-0.39, 0.29) is 10.7 Å². The molecule has 23 heavy (non-hydrogen) atoms.